The van der Waals surface area contributed by atoms with Gasteiger partial charge in [0, 0.05) is 30.3 Å². The van der Waals surface area contributed by atoms with Crippen LogP contribution < -0.4 is 9.64 Å². The minimum absolute atomic E-state index is 0.128. The predicted octanol–water partition coefficient (Wildman–Crippen LogP) is 3.93. The predicted molar refractivity (Wildman–Crippen MR) is 97.0 cm³/mol. The van der Waals surface area contributed by atoms with Crippen molar-refractivity contribution in [1.29, 1.82) is 0 Å². The van der Waals surface area contributed by atoms with Gasteiger partial charge in [0.25, 0.3) is 0 Å². The number of ether oxygens (including phenoxy) is 1. The number of benzene rings is 2. The largest absolute Gasteiger partial charge is 0.494 e. The quantitative estimate of drug-likeness (QED) is 0.666. The van der Waals surface area contributed by atoms with Gasteiger partial charge in [-0.1, -0.05) is 5.16 Å². The van der Waals surface area contributed by atoms with Crippen LogP contribution in [-0.4, -0.2) is 29.2 Å². The van der Waals surface area contributed by atoms with Gasteiger partial charge in [0.15, 0.2) is 0 Å². The van der Waals surface area contributed by atoms with Gasteiger partial charge in [-0.15, -0.1) is 0 Å². The fraction of sp³-hybridized carbons (Fsp3) is 0.250. The molecule has 8 heteroatoms. The highest BCUT2D eigenvalue weighted by molar-refractivity contribution is 5.96. The molecule has 3 aromatic rings. The Labute approximate surface area is 159 Å². The Hall–Kier alpha value is -3.29. The van der Waals surface area contributed by atoms with E-state index in [0.29, 0.717) is 18.3 Å². The molecular weight excluding hydrogens is 368 g/mol. The molecule has 2 heterocycles. The number of carbonyl (C=O) groups excluding carboxylic acids is 1. The molecule has 0 aliphatic carbocycles. The van der Waals surface area contributed by atoms with E-state index in [1.54, 1.807) is 0 Å². The van der Waals surface area contributed by atoms with Crippen LogP contribution in [0.15, 0.2) is 47.0 Å². The molecule has 0 bridgehead atoms. The molecule has 4 rings (SSSR count). The Kier molecular flexibility index (Phi) is 4.77. The lowest BCUT2D eigenvalue weighted by molar-refractivity contribution is -0.117. The second-order valence-corrected chi connectivity index (χ2v) is 6.45. The van der Waals surface area contributed by atoms with Crippen molar-refractivity contribution in [3.05, 3.63) is 60.0 Å². The normalized spacial score (nSPS) is 16.6. The van der Waals surface area contributed by atoms with E-state index in [1.165, 1.54) is 4.90 Å². The number of carbonyl (C=O) groups is 1. The molecule has 1 aliphatic heterocycles. The van der Waals surface area contributed by atoms with Gasteiger partial charge in [0.05, 0.1) is 12.5 Å². The molecule has 1 amide bonds. The van der Waals surface area contributed by atoms with Crippen LogP contribution in [0.3, 0.4) is 0 Å². The van der Waals surface area contributed by atoms with Crippen LogP contribution in [0.25, 0.3) is 11.4 Å². The van der Waals surface area contributed by atoms with Gasteiger partial charge in [-0.2, -0.15) is 4.98 Å². The molecule has 1 aliphatic rings. The second kappa shape index (κ2) is 7.38. The Balaban J connectivity index is 1.52. The van der Waals surface area contributed by atoms with Crippen LogP contribution in [0, 0.1) is 11.6 Å². The first-order valence-electron chi connectivity index (χ1n) is 8.87. The molecule has 0 spiro atoms. The summed E-state index contributed by atoms with van der Waals surface area (Å²) in [6, 6.07) is 10.3. The molecule has 0 N–H and O–H groups in total. The third-order valence-electron chi connectivity index (χ3n) is 4.50. The molecule has 0 saturated carbocycles. The molecular formula is C20H17F2N3O3. The maximum absolute atomic E-state index is 13.5. The van der Waals surface area contributed by atoms with E-state index in [-0.39, 0.29) is 30.5 Å². The number of aromatic nitrogens is 2. The lowest BCUT2D eigenvalue weighted by atomic mass is 10.1. The number of amides is 1. The van der Waals surface area contributed by atoms with Crippen LogP contribution in [0.1, 0.15) is 25.2 Å². The van der Waals surface area contributed by atoms with Gasteiger partial charge < -0.3 is 14.2 Å². The highest BCUT2D eigenvalue weighted by atomic mass is 19.1. The van der Waals surface area contributed by atoms with Crippen LogP contribution in [0.2, 0.25) is 0 Å². The van der Waals surface area contributed by atoms with Gasteiger partial charge >= 0.3 is 0 Å². The average molecular weight is 385 g/mol. The van der Waals surface area contributed by atoms with Gasteiger partial charge in [-0.05, 0) is 43.3 Å². The molecule has 1 atom stereocenters. The molecule has 1 fully saturated rings. The first-order chi connectivity index (χ1) is 13.5. The van der Waals surface area contributed by atoms with E-state index >= 15 is 0 Å². The first-order valence-corrected chi connectivity index (χ1v) is 8.87. The molecule has 2 aromatic carbocycles. The van der Waals surface area contributed by atoms with Crippen molar-refractivity contribution in [2.45, 2.75) is 19.3 Å². The summed E-state index contributed by atoms with van der Waals surface area (Å²) < 4.78 is 37.7. The van der Waals surface area contributed by atoms with Gasteiger partial charge in [-0.25, -0.2) is 8.78 Å². The summed E-state index contributed by atoms with van der Waals surface area (Å²) in [5.74, 6) is -0.603. The summed E-state index contributed by atoms with van der Waals surface area (Å²) in [5, 5.41) is 3.98. The Morgan fingerprint density at radius 3 is 2.57 bits per heavy atom. The van der Waals surface area contributed by atoms with Crippen LogP contribution >= 0.6 is 0 Å². The van der Waals surface area contributed by atoms with Crippen LogP contribution in [0.4, 0.5) is 14.5 Å². The summed E-state index contributed by atoms with van der Waals surface area (Å²) in [5.41, 5.74) is 0.933. The Morgan fingerprint density at radius 2 is 1.89 bits per heavy atom. The first kappa shape index (κ1) is 18.1. The van der Waals surface area contributed by atoms with E-state index < -0.39 is 11.6 Å². The van der Waals surface area contributed by atoms with E-state index in [0.717, 1.165) is 29.5 Å². The summed E-state index contributed by atoms with van der Waals surface area (Å²) in [7, 11) is 0. The maximum atomic E-state index is 13.5. The monoisotopic (exact) mass is 385 g/mol. The van der Waals surface area contributed by atoms with Crippen molar-refractivity contribution in [3.63, 3.8) is 0 Å². The van der Waals surface area contributed by atoms with Crippen molar-refractivity contribution in [2.75, 3.05) is 18.1 Å². The van der Waals surface area contributed by atoms with Crippen molar-refractivity contribution in [3.8, 4) is 17.1 Å². The number of nitrogens with zero attached hydrogens (tertiary/aromatic N) is 3. The highest BCUT2D eigenvalue weighted by Gasteiger charge is 2.35. The summed E-state index contributed by atoms with van der Waals surface area (Å²) in [6.45, 7) is 2.70. The smallest absolute Gasteiger partial charge is 0.232 e. The zero-order valence-corrected chi connectivity index (χ0v) is 15.1. The standard InChI is InChI=1S/C20H17F2N3O3/c1-2-27-17-5-3-12(4-6-17)19-23-20(28-24-19)13-7-18(26)25(11-13)16-9-14(21)8-15(22)10-16/h3-6,8-10,13H,2,7,11H2,1H3. The van der Waals surface area contributed by atoms with Gasteiger partial charge in [0.1, 0.15) is 17.4 Å². The SMILES string of the molecule is CCOc1ccc(-c2noc(C3CC(=O)N(c4cc(F)cc(F)c4)C3)n2)cc1. The third-order valence-corrected chi connectivity index (χ3v) is 4.50. The lowest BCUT2D eigenvalue weighted by Gasteiger charge is -2.16. The van der Waals surface area contributed by atoms with Crippen LogP contribution in [-0.2, 0) is 4.79 Å². The number of anilines is 1. The van der Waals surface area contributed by atoms with Crippen LogP contribution in [0.5, 0.6) is 5.75 Å². The fourth-order valence-electron chi connectivity index (χ4n) is 3.20. The maximum Gasteiger partial charge on any atom is 0.232 e. The van der Waals surface area contributed by atoms with Crippen molar-refractivity contribution in [1.82, 2.24) is 10.1 Å². The average Bonchev–Trinajstić information content (AvgIpc) is 3.29. The fourth-order valence-corrected chi connectivity index (χ4v) is 3.20. The number of rotatable bonds is 5. The summed E-state index contributed by atoms with van der Waals surface area (Å²) in [4.78, 5) is 18.1. The Bertz CT molecular complexity index is 984. The highest BCUT2D eigenvalue weighted by Crippen LogP contribution is 2.32. The van der Waals surface area contributed by atoms with E-state index in [1.807, 2.05) is 31.2 Å². The second-order valence-electron chi connectivity index (χ2n) is 6.45. The molecule has 0 radical (unpaired) electrons. The van der Waals surface area contributed by atoms with Crippen molar-refractivity contribution in [2.24, 2.45) is 0 Å². The van der Waals surface area contributed by atoms with Crippen molar-refractivity contribution >= 4 is 11.6 Å². The minimum Gasteiger partial charge on any atom is -0.494 e. The van der Waals surface area contributed by atoms with E-state index in [9.17, 15) is 13.6 Å². The molecule has 1 saturated heterocycles. The number of hydrogen-bond donors (Lipinski definition) is 0. The summed E-state index contributed by atoms with van der Waals surface area (Å²) in [6.07, 6.45) is 0.128. The molecule has 6 nitrogen and oxygen atoms in total. The minimum atomic E-state index is -0.734. The molecule has 28 heavy (non-hydrogen) atoms. The zero-order valence-electron chi connectivity index (χ0n) is 15.1. The zero-order chi connectivity index (χ0) is 19.7. The molecule has 1 aromatic heterocycles. The third kappa shape index (κ3) is 3.58. The summed E-state index contributed by atoms with van der Waals surface area (Å²) >= 11 is 0. The number of halogens is 2. The van der Waals surface area contributed by atoms with Gasteiger partial charge in [0.2, 0.25) is 17.6 Å². The molecule has 144 valence electrons. The van der Waals surface area contributed by atoms with E-state index in [2.05, 4.69) is 10.1 Å². The number of hydrogen-bond acceptors (Lipinski definition) is 5. The molecule has 1 unspecified atom stereocenters. The van der Waals surface area contributed by atoms with E-state index in [4.69, 9.17) is 9.26 Å². The van der Waals surface area contributed by atoms with Gasteiger partial charge in [-0.3, -0.25) is 4.79 Å². The lowest BCUT2D eigenvalue weighted by Crippen LogP contribution is -2.24. The Morgan fingerprint density at radius 1 is 1.18 bits per heavy atom. The topological polar surface area (TPSA) is 68.5 Å². The van der Waals surface area contributed by atoms with Crippen molar-refractivity contribution < 1.29 is 22.8 Å².